The average molecular weight is 329 g/mol. The van der Waals surface area contributed by atoms with Crippen LogP contribution in [-0.4, -0.2) is 29.8 Å². The summed E-state index contributed by atoms with van der Waals surface area (Å²) in [6.45, 7) is 0.881. The molecule has 2 N–H and O–H groups in total. The molecule has 1 aromatic carbocycles. The molecule has 1 aliphatic heterocycles. The van der Waals surface area contributed by atoms with Gasteiger partial charge in [0.2, 0.25) is 5.91 Å². The van der Waals surface area contributed by atoms with Crippen LogP contribution in [0, 0.1) is 11.7 Å². The van der Waals surface area contributed by atoms with Gasteiger partial charge in [-0.2, -0.15) is 0 Å². The molecule has 19 heavy (non-hydrogen) atoms. The van der Waals surface area contributed by atoms with Gasteiger partial charge in [0.1, 0.15) is 5.82 Å². The lowest BCUT2D eigenvalue weighted by Gasteiger charge is -2.31. The van der Waals surface area contributed by atoms with Crippen LogP contribution in [0.2, 0.25) is 0 Å². The molecule has 1 unspecified atom stereocenters. The predicted octanol–water partition coefficient (Wildman–Crippen LogP) is 1.93. The van der Waals surface area contributed by atoms with Crippen LogP contribution in [0.25, 0.3) is 0 Å². The van der Waals surface area contributed by atoms with Crippen molar-refractivity contribution >= 4 is 27.7 Å². The van der Waals surface area contributed by atoms with E-state index >= 15 is 0 Å². The van der Waals surface area contributed by atoms with Gasteiger partial charge in [-0.1, -0.05) is 0 Å². The van der Waals surface area contributed by atoms with E-state index in [-0.39, 0.29) is 23.3 Å². The molecule has 2 rings (SSSR count). The number of hydrogen-bond donors (Lipinski definition) is 1. The van der Waals surface area contributed by atoms with Crippen LogP contribution in [0.5, 0.6) is 0 Å². The molecule has 1 atom stereocenters. The molecule has 0 radical (unpaired) electrons. The Morgan fingerprint density at radius 2 is 2.16 bits per heavy atom. The number of nitrogens with zero attached hydrogens (tertiary/aromatic N) is 1. The molecule has 4 nitrogen and oxygen atoms in total. The van der Waals surface area contributed by atoms with Gasteiger partial charge in [-0.15, -0.1) is 0 Å². The van der Waals surface area contributed by atoms with E-state index in [0.29, 0.717) is 24.0 Å². The fraction of sp³-hybridized carbons (Fsp3) is 0.385. The lowest BCUT2D eigenvalue weighted by molar-refractivity contribution is -0.123. The summed E-state index contributed by atoms with van der Waals surface area (Å²) in [4.78, 5) is 25.0. The molecule has 0 aromatic heterocycles. The summed E-state index contributed by atoms with van der Waals surface area (Å²) in [7, 11) is 0. The van der Waals surface area contributed by atoms with E-state index in [0.717, 1.165) is 6.42 Å². The maximum absolute atomic E-state index is 13.4. The zero-order chi connectivity index (χ0) is 14.0. The minimum atomic E-state index is -0.477. The Labute approximate surface area is 118 Å². The number of benzene rings is 1. The number of carbonyl (C=O) groups is 2. The number of amides is 2. The second kappa shape index (κ2) is 5.69. The molecule has 102 valence electrons. The fourth-order valence-corrected chi connectivity index (χ4v) is 2.45. The summed E-state index contributed by atoms with van der Waals surface area (Å²) in [5.74, 6) is -1.44. The molecular weight excluding hydrogens is 315 g/mol. The van der Waals surface area contributed by atoms with E-state index in [1.165, 1.54) is 12.1 Å². The number of rotatable bonds is 2. The van der Waals surface area contributed by atoms with E-state index in [9.17, 15) is 14.0 Å². The topological polar surface area (TPSA) is 63.4 Å². The zero-order valence-corrected chi connectivity index (χ0v) is 11.8. The number of halogens is 2. The van der Waals surface area contributed by atoms with Crippen molar-refractivity contribution in [2.75, 3.05) is 13.1 Å². The Hall–Kier alpha value is -1.43. The largest absolute Gasteiger partial charge is 0.369 e. The Morgan fingerprint density at radius 3 is 2.79 bits per heavy atom. The summed E-state index contributed by atoms with van der Waals surface area (Å²) in [6.07, 6.45) is 1.44. The van der Waals surface area contributed by atoms with E-state index in [2.05, 4.69) is 15.9 Å². The molecule has 1 heterocycles. The minimum absolute atomic E-state index is 0.266. The summed E-state index contributed by atoms with van der Waals surface area (Å²) in [6, 6.07) is 4.25. The van der Waals surface area contributed by atoms with Gasteiger partial charge < -0.3 is 10.6 Å². The molecule has 1 aliphatic rings. The van der Waals surface area contributed by atoms with E-state index in [4.69, 9.17) is 5.73 Å². The third-order valence-electron chi connectivity index (χ3n) is 3.28. The van der Waals surface area contributed by atoms with Crippen molar-refractivity contribution in [3.05, 3.63) is 34.1 Å². The first-order valence-corrected chi connectivity index (χ1v) is 6.82. The maximum Gasteiger partial charge on any atom is 0.253 e. The number of hydrogen-bond acceptors (Lipinski definition) is 2. The van der Waals surface area contributed by atoms with Crippen LogP contribution in [-0.2, 0) is 4.79 Å². The van der Waals surface area contributed by atoms with E-state index in [1.807, 2.05) is 0 Å². The first-order chi connectivity index (χ1) is 8.99. The Morgan fingerprint density at radius 1 is 1.42 bits per heavy atom. The molecule has 1 saturated heterocycles. The van der Waals surface area contributed by atoms with Crippen molar-refractivity contribution in [3.8, 4) is 0 Å². The van der Waals surface area contributed by atoms with Gasteiger partial charge in [0.25, 0.3) is 5.91 Å². The van der Waals surface area contributed by atoms with E-state index < -0.39 is 5.82 Å². The molecule has 0 aliphatic carbocycles. The average Bonchev–Trinajstić information content (AvgIpc) is 2.41. The zero-order valence-electron chi connectivity index (χ0n) is 10.2. The van der Waals surface area contributed by atoms with Crippen LogP contribution >= 0.6 is 15.9 Å². The Bertz CT molecular complexity index is 521. The van der Waals surface area contributed by atoms with Gasteiger partial charge in [0.05, 0.1) is 10.4 Å². The summed E-state index contributed by atoms with van der Waals surface area (Å²) >= 11 is 3.04. The van der Waals surface area contributed by atoms with Crippen molar-refractivity contribution in [1.29, 1.82) is 0 Å². The van der Waals surface area contributed by atoms with Gasteiger partial charge in [0, 0.05) is 18.7 Å². The molecule has 1 fully saturated rings. The molecule has 0 saturated carbocycles. The standard InChI is InChI=1S/C13H14BrFN2O2/c14-10-4-3-8(6-11(10)15)13(19)17-5-1-2-9(7-17)12(16)18/h3-4,6,9H,1-2,5,7H2,(H2,16,18). The van der Waals surface area contributed by atoms with E-state index in [1.54, 1.807) is 11.0 Å². The first-order valence-electron chi connectivity index (χ1n) is 6.02. The summed E-state index contributed by atoms with van der Waals surface area (Å²) < 4.78 is 13.7. The Kier molecular flexibility index (Phi) is 4.19. The summed E-state index contributed by atoms with van der Waals surface area (Å²) in [5.41, 5.74) is 5.55. The second-order valence-corrected chi connectivity index (χ2v) is 5.48. The number of primary amides is 1. The number of likely N-dealkylation sites (tertiary alicyclic amines) is 1. The van der Waals surface area contributed by atoms with Crippen LogP contribution in [0.15, 0.2) is 22.7 Å². The molecule has 6 heteroatoms. The van der Waals surface area contributed by atoms with Crippen molar-refractivity contribution < 1.29 is 14.0 Å². The van der Waals surface area contributed by atoms with Crippen LogP contribution in [0.4, 0.5) is 4.39 Å². The highest BCUT2D eigenvalue weighted by molar-refractivity contribution is 9.10. The lowest BCUT2D eigenvalue weighted by Crippen LogP contribution is -2.44. The normalized spacial score (nSPS) is 19.3. The van der Waals surface area contributed by atoms with Gasteiger partial charge in [-0.05, 0) is 47.0 Å². The molecule has 0 spiro atoms. The van der Waals surface area contributed by atoms with Gasteiger partial charge in [-0.3, -0.25) is 9.59 Å². The molecule has 0 bridgehead atoms. The highest BCUT2D eigenvalue weighted by atomic mass is 79.9. The van der Waals surface area contributed by atoms with Gasteiger partial charge >= 0.3 is 0 Å². The third kappa shape index (κ3) is 3.12. The molecule has 1 aromatic rings. The van der Waals surface area contributed by atoms with Crippen molar-refractivity contribution in [1.82, 2.24) is 4.90 Å². The molecular formula is C13H14BrFN2O2. The van der Waals surface area contributed by atoms with Gasteiger partial charge in [-0.25, -0.2) is 4.39 Å². The quantitative estimate of drug-likeness (QED) is 0.901. The smallest absolute Gasteiger partial charge is 0.253 e. The minimum Gasteiger partial charge on any atom is -0.369 e. The van der Waals surface area contributed by atoms with Crippen LogP contribution in [0.1, 0.15) is 23.2 Å². The number of nitrogens with two attached hydrogens (primary N) is 1. The summed E-state index contributed by atoms with van der Waals surface area (Å²) in [5, 5.41) is 0. The fourth-order valence-electron chi connectivity index (χ4n) is 2.21. The van der Waals surface area contributed by atoms with Crippen molar-refractivity contribution in [2.45, 2.75) is 12.8 Å². The third-order valence-corrected chi connectivity index (χ3v) is 3.92. The first kappa shape index (κ1) is 14.0. The predicted molar refractivity (Wildman–Crippen MR) is 71.9 cm³/mol. The van der Waals surface area contributed by atoms with Crippen LogP contribution in [0.3, 0.4) is 0 Å². The van der Waals surface area contributed by atoms with Gasteiger partial charge in [0.15, 0.2) is 0 Å². The monoisotopic (exact) mass is 328 g/mol. The number of piperidine rings is 1. The maximum atomic E-state index is 13.4. The Balaban J connectivity index is 2.14. The SMILES string of the molecule is NC(=O)C1CCCN(C(=O)c2ccc(Br)c(F)c2)C1. The van der Waals surface area contributed by atoms with Crippen molar-refractivity contribution in [2.24, 2.45) is 11.7 Å². The number of carbonyl (C=O) groups excluding carboxylic acids is 2. The highest BCUT2D eigenvalue weighted by Gasteiger charge is 2.27. The van der Waals surface area contributed by atoms with Crippen molar-refractivity contribution in [3.63, 3.8) is 0 Å². The second-order valence-electron chi connectivity index (χ2n) is 4.62. The lowest BCUT2D eigenvalue weighted by atomic mass is 9.97. The van der Waals surface area contributed by atoms with Crippen LogP contribution < -0.4 is 5.73 Å². The molecule has 2 amide bonds. The highest BCUT2D eigenvalue weighted by Crippen LogP contribution is 2.21.